The second-order valence-corrected chi connectivity index (χ2v) is 11.6. The Morgan fingerprint density at radius 1 is 1.07 bits per heavy atom. The summed E-state index contributed by atoms with van der Waals surface area (Å²) in [5.41, 5.74) is 1.26. The minimum atomic E-state index is -1.15. The van der Waals surface area contributed by atoms with Crippen molar-refractivity contribution >= 4 is 40.7 Å². The number of fused-ring (bicyclic) bond motifs is 1. The lowest BCUT2D eigenvalue weighted by Gasteiger charge is -2.36. The number of aliphatic carboxylic acids is 1. The van der Waals surface area contributed by atoms with E-state index in [0.29, 0.717) is 30.5 Å². The average Bonchev–Trinajstić information content (AvgIpc) is 3.54. The molecule has 46 heavy (non-hydrogen) atoms. The first-order chi connectivity index (χ1) is 22.1. The predicted molar refractivity (Wildman–Crippen MR) is 166 cm³/mol. The van der Waals surface area contributed by atoms with Gasteiger partial charge >= 0.3 is 12.1 Å². The first-order valence-corrected chi connectivity index (χ1v) is 15.8. The van der Waals surface area contributed by atoms with Crippen LogP contribution in [0.15, 0.2) is 24.3 Å². The molecule has 4 rings (SSSR count). The molecule has 0 unspecified atom stereocenters. The lowest BCUT2D eigenvalue weighted by atomic mass is 10.1. The number of rotatable bonds is 13. The quantitative estimate of drug-likeness (QED) is 0.274. The molecule has 0 aliphatic carbocycles. The van der Waals surface area contributed by atoms with Gasteiger partial charge in [-0.05, 0) is 50.3 Å². The van der Waals surface area contributed by atoms with Crippen LogP contribution >= 0.6 is 0 Å². The number of carbonyl (C=O) groups is 5. The fourth-order valence-corrected chi connectivity index (χ4v) is 5.60. The number of benzene rings is 1. The molecule has 2 atom stereocenters. The Kier molecular flexibility index (Phi) is 12.1. The number of ether oxygens (including phenoxy) is 2. The van der Waals surface area contributed by atoms with Gasteiger partial charge in [0.25, 0.3) is 11.8 Å². The summed E-state index contributed by atoms with van der Waals surface area (Å²) < 4.78 is 11.2. The molecule has 0 saturated carbocycles. The Balaban J connectivity index is 1.48. The molecule has 0 bridgehead atoms. The van der Waals surface area contributed by atoms with Crippen molar-refractivity contribution in [3.8, 4) is 5.75 Å². The number of nitrogens with zero attached hydrogens (tertiary/aromatic N) is 4. The average molecular weight is 642 g/mol. The molecule has 4 amide bonds. The Bertz CT molecular complexity index is 1430. The molecule has 2 saturated heterocycles. The highest BCUT2D eigenvalue weighted by molar-refractivity contribution is 5.99. The van der Waals surface area contributed by atoms with E-state index < -0.39 is 29.9 Å². The second-order valence-electron chi connectivity index (χ2n) is 11.6. The smallest absolute Gasteiger partial charge is 0.409 e. The van der Waals surface area contributed by atoms with Gasteiger partial charge in [0, 0.05) is 50.6 Å². The number of aromatic nitrogens is 1. The molecule has 14 nitrogen and oxygen atoms in total. The van der Waals surface area contributed by atoms with Crippen LogP contribution in [0.4, 0.5) is 4.79 Å². The number of nitrogens with one attached hydrogen (secondary N) is 1. The summed E-state index contributed by atoms with van der Waals surface area (Å²) in [4.78, 5) is 72.8. The van der Waals surface area contributed by atoms with Crippen LogP contribution in [0.1, 0.15) is 61.5 Å². The molecule has 0 spiro atoms. The van der Waals surface area contributed by atoms with E-state index in [2.05, 4.69) is 10.3 Å². The minimum absolute atomic E-state index is 0.0669. The maximum absolute atomic E-state index is 13.5. The maximum atomic E-state index is 13.5. The molecule has 3 N–H and O–H groups in total. The minimum Gasteiger partial charge on any atom is -0.483 e. The molecule has 2 aliphatic rings. The van der Waals surface area contributed by atoms with E-state index >= 15 is 0 Å². The Morgan fingerprint density at radius 3 is 2.50 bits per heavy atom. The van der Waals surface area contributed by atoms with Crippen LogP contribution in [0.5, 0.6) is 5.75 Å². The van der Waals surface area contributed by atoms with Crippen LogP contribution in [0.3, 0.4) is 0 Å². The van der Waals surface area contributed by atoms with Gasteiger partial charge in [-0.25, -0.2) is 9.78 Å². The standard InChI is InChI=1S/C32H43N5O9/c1-3-4-16-45-32(44)36-14-12-35(13-15-36)31(43)24(9-10-29(40)41)34-30(42)26-18-27(23-8-7-21(2)17-25(23)33-26)46-20-28(39)37-11-5-6-22(37)19-38/h7-8,17-18,22,24,38H,3-6,9-16,19-20H2,1-2H3,(H,34,42)(H,40,41)/t22-,24-/m0/s1. The van der Waals surface area contributed by atoms with Crippen LogP contribution < -0.4 is 10.1 Å². The van der Waals surface area contributed by atoms with Crippen molar-refractivity contribution in [3.05, 3.63) is 35.5 Å². The van der Waals surface area contributed by atoms with Crippen molar-refractivity contribution in [2.45, 2.75) is 64.5 Å². The highest BCUT2D eigenvalue weighted by atomic mass is 16.6. The molecule has 3 heterocycles. The van der Waals surface area contributed by atoms with Crippen molar-refractivity contribution < 1.29 is 43.7 Å². The monoisotopic (exact) mass is 641 g/mol. The summed E-state index contributed by atoms with van der Waals surface area (Å²) in [6, 6.07) is 5.39. The van der Waals surface area contributed by atoms with E-state index in [4.69, 9.17) is 9.47 Å². The summed E-state index contributed by atoms with van der Waals surface area (Å²) in [6.45, 7) is 5.19. The van der Waals surface area contributed by atoms with Crippen LogP contribution in [0.25, 0.3) is 10.9 Å². The molecule has 0 radical (unpaired) electrons. The number of hydrogen-bond acceptors (Lipinski definition) is 9. The van der Waals surface area contributed by atoms with Crippen LogP contribution in [0, 0.1) is 6.92 Å². The highest BCUT2D eigenvalue weighted by Gasteiger charge is 2.32. The SMILES string of the molecule is CCCCOC(=O)N1CCN(C(=O)[C@H](CCC(=O)O)NC(=O)c2cc(OCC(=O)N3CCC[C@H]3CO)c3ccc(C)cc3n2)CC1. The number of amides is 4. The van der Waals surface area contributed by atoms with E-state index in [9.17, 15) is 34.2 Å². The van der Waals surface area contributed by atoms with E-state index in [0.717, 1.165) is 24.8 Å². The lowest BCUT2D eigenvalue weighted by molar-refractivity contribution is -0.138. The Hall–Kier alpha value is -4.46. The predicted octanol–water partition coefficient (Wildman–Crippen LogP) is 1.95. The third kappa shape index (κ3) is 8.83. The molecule has 2 fully saturated rings. The van der Waals surface area contributed by atoms with Crippen molar-refractivity contribution in [1.82, 2.24) is 25.0 Å². The molecule has 14 heteroatoms. The van der Waals surface area contributed by atoms with Gasteiger partial charge in [0.1, 0.15) is 17.5 Å². The number of likely N-dealkylation sites (tertiary alicyclic amines) is 1. The number of carboxylic acids is 1. The van der Waals surface area contributed by atoms with Gasteiger partial charge in [-0.3, -0.25) is 19.2 Å². The van der Waals surface area contributed by atoms with Crippen molar-refractivity contribution in [2.24, 2.45) is 0 Å². The number of aryl methyl sites for hydroxylation is 1. The lowest BCUT2D eigenvalue weighted by Crippen LogP contribution is -2.56. The second kappa shape index (κ2) is 16.2. The zero-order chi connectivity index (χ0) is 33.2. The van der Waals surface area contributed by atoms with Crippen molar-refractivity contribution in [1.29, 1.82) is 0 Å². The third-order valence-corrected chi connectivity index (χ3v) is 8.24. The topological polar surface area (TPSA) is 179 Å². The summed E-state index contributed by atoms with van der Waals surface area (Å²) in [7, 11) is 0. The number of aliphatic hydroxyl groups is 1. The van der Waals surface area contributed by atoms with Gasteiger partial charge in [-0.1, -0.05) is 19.4 Å². The van der Waals surface area contributed by atoms with E-state index in [1.54, 1.807) is 17.0 Å². The van der Waals surface area contributed by atoms with Gasteiger partial charge in [0.15, 0.2) is 6.61 Å². The van der Waals surface area contributed by atoms with Crippen molar-refractivity contribution in [2.75, 3.05) is 52.5 Å². The summed E-state index contributed by atoms with van der Waals surface area (Å²) in [6.07, 6.45) is 2.22. The number of hydrogen-bond donors (Lipinski definition) is 3. The number of unbranched alkanes of at least 4 members (excludes halogenated alkanes) is 1. The van der Waals surface area contributed by atoms with Crippen LogP contribution in [0.2, 0.25) is 0 Å². The largest absolute Gasteiger partial charge is 0.483 e. The first kappa shape index (κ1) is 34.4. The summed E-state index contributed by atoms with van der Waals surface area (Å²) in [5, 5.41) is 22.2. The van der Waals surface area contributed by atoms with Gasteiger partial charge in [0.2, 0.25) is 5.91 Å². The molecule has 250 valence electrons. The normalized spacial score (nSPS) is 17.1. The molecule has 1 aromatic heterocycles. The van der Waals surface area contributed by atoms with Gasteiger partial charge in [0.05, 0.1) is 24.8 Å². The van der Waals surface area contributed by atoms with Gasteiger partial charge in [-0.15, -0.1) is 0 Å². The Morgan fingerprint density at radius 2 is 1.80 bits per heavy atom. The fourth-order valence-electron chi connectivity index (χ4n) is 5.60. The molecular formula is C32H43N5O9. The third-order valence-electron chi connectivity index (χ3n) is 8.24. The molecule has 1 aromatic carbocycles. The fraction of sp³-hybridized carbons (Fsp3) is 0.562. The van der Waals surface area contributed by atoms with Crippen molar-refractivity contribution in [3.63, 3.8) is 0 Å². The molecule has 2 aromatic rings. The number of pyridine rings is 1. The van der Waals surface area contributed by atoms with Gasteiger partial charge in [-0.2, -0.15) is 0 Å². The molecule has 2 aliphatic heterocycles. The number of carbonyl (C=O) groups excluding carboxylic acids is 4. The number of aliphatic hydroxyl groups excluding tert-OH is 1. The summed E-state index contributed by atoms with van der Waals surface area (Å²) >= 11 is 0. The number of carboxylic acid groups (broad SMARTS) is 1. The zero-order valence-electron chi connectivity index (χ0n) is 26.4. The summed E-state index contributed by atoms with van der Waals surface area (Å²) in [5.74, 6) is -2.32. The first-order valence-electron chi connectivity index (χ1n) is 15.8. The maximum Gasteiger partial charge on any atom is 0.409 e. The van der Waals surface area contributed by atoms with E-state index in [-0.39, 0.29) is 75.6 Å². The van der Waals surface area contributed by atoms with E-state index in [1.807, 2.05) is 19.9 Å². The van der Waals surface area contributed by atoms with E-state index in [1.165, 1.54) is 15.9 Å². The highest BCUT2D eigenvalue weighted by Crippen LogP contribution is 2.27. The number of piperazine rings is 1. The van der Waals surface area contributed by atoms with Gasteiger partial charge < -0.3 is 39.7 Å². The van der Waals surface area contributed by atoms with Crippen LogP contribution in [-0.4, -0.2) is 124 Å². The molecular weight excluding hydrogens is 598 g/mol. The Labute approximate surface area is 267 Å². The zero-order valence-corrected chi connectivity index (χ0v) is 26.4. The van der Waals surface area contributed by atoms with Crippen LogP contribution in [-0.2, 0) is 19.1 Å².